The van der Waals surface area contributed by atoms with E-state index in [0.717, 1.165) is 39.3 Å². The molecule has 0 saturated carbocycles. The molecule has 0 aliphatic carbocycles. The molecule has 50 heavy (non-hydrogen) atoms. The number of nitrogens with zero attached hydrogens (tertiary/aromatic N) is 4. The first-order chi connectivity index (χ1) is 23.6. The minimum atomic E-state index is -0.165. The summed E-state index contributed by atoms with van der Waals surface area (Å²) in [6, 6.07) is 47.1. The summed E-state index contributed by atoms with van der Waals surface area (Å²) in [5.74, 6) is 2.12. The van der Waals surface area contributed by atoms with Gasteiger partial charge in [-0.05, 0) is 52.1 Å². The van der Waals surface area contributed by atoms with Gasteiger partial charge in [-0.1, -0.05) is 107 Å². The van der Waals surface area contributed by atoms with Gasteiger partial charge in [0.15, 0.2) is 17.4 Å². The zero-order valence-corrected chi connectivity index (χ0v) is 31.4. The molecule has 0 aliphatic heterocycles. The van der Waals surface area contributed by atoms with Crippen LogP contribution in [0.15, 0.2) is 128 Å². The van der Waals surface area contributed by atoms with Crippen LogP contribution in [0.4, 0.5) is 0 Å². The average molecular weight is 835 g/mol. The molecular weight excluding hydrogens is 796 g/mol. The second kappa shape index (κ2) is 12.7. The van der Waals surface area contributed by atoms with E-state index in [-0.39, 0.29) is 31.9 Å². The van der Waals surface area contributed by atoms with Crippen molar-refractivity contribution in [1.29, 1.82) is 0 Å². The molecule has 0 radical (unpaired) electrons. The van der Waals surface area contributed by atoms with Crippen molar-refractivity contribution in [1.82, 2.24) is 18.7 Å². The Morgan fingerprint density at radius 3 is 2.04 bits per heavy atom. The quantitative estimate of drug-likeness (QED) is 0.162. The van der Waals surface area contributed by atoms with Crippen molar-refractivity contribution in [2.24, 2.45) is 0 Å². The van der Waals surface area contributed by atoms with Crippen molar-refractivity contribution in [3.05, 3.63) is 151 Å². The molecule has 0 amide bonds. The van der Waals surface area contributed by atoms with Crippen LogP contribution < -0.4 is 4.74 Å². The Balaban J connectivity index is 0.00000392. The van der Waals surface area contributed by atoms with Gasteiger partial charge in [0.25, 0.3) is 0 Å². The second-order valence-corrected chi connectivity index (χ2v) is 14.7. The van der Waals surface area contributed by atoms with E-state index in [2.05, 4.69) is 171 Å². The molecule has 0 spiro atoms. The number of ether oxygens (including phenoxy) is 1. The van der Waals surface area contributed by atoms with Crippen molar-refractivity contribution in [3.8, 4) is 28.7 Å². The number of pyridine rings is 1. The average Bonchev–Trinajstić information content (AvgIpc) is 3.64. The zero-order valence-electron chi connectivity index (χ0n) is 29.1. The van der Waals surface area contributed by atoms with Gasteiger partial charge in [-0.3, -0.25) is 0 Å². The summed E-state index contributed by atoms with van der Waals surface area (Å²) in [5, 5.41) is 2.34. The maximum absolute atomic E-state index is 6.69. The van der Waals surface area contributed by atoms with Crippen LogP contribution >= 0.6 is 0 Å². The van der Waals surface area contributed by atoms with Crippen LogP contribution in [0.1, 0.15) is 52.7 Å². The number of fused-ring (bicyclic) bond motifs is 4. The maximum Gasteiger partial charge on any atom is 0.168 e. The Labute approximate surface area is 308 Å². The van der Waals surface area contributed by atoms with Crippen LogP contribution in [0.25, 0.3) is 50.0 Å². The number of para-hydroxylation sites is 4. The van der Waals surface area contributed by atoms with Crippen molar-refractivity contribution in [2.75, 3.05) is 0 Å². The topological polar surface area (TPSA) is 36.9 Å². The third-order valence-corrected chi connectivity index (χ3v) is 9.21. The summed E-state index contributed by atoms with van der Waals surface area (Å²) >= 11 is 0. The Morgan fingerprint density at radius 2 is 1.32 bits per heavy atom. The van der Waals surface area contributed by atoms with Gasteiger partial charge < -0.3 is 9.30 Å². The van der Waals surface area contributed by atoms with E-state index in [1.165, 1.54) is 21.9 Å². The summed E-state index contributed by atoms with van der Waals surface area (Å²) in [6.45, 7) is 13.5. The predicted octanol–water partition coefficient (Wildman–Crippen LogP) is 11.2. The Hall–Kier alpha value is -4.99. The van der Waals surface area contributed by atoms with E-state index in [1.54, 1.807) is 0 Å². The monoisotopic (exact) mass is 834 g/mol. The van der Waals surface area contributed by atoms with Crippen molar-refractivity contribution in [3.63, 3.8) is 0 Å². The SMILES string of the molecule is CC(C)(C)c1ccnc(-n2c3[c-]c(Oc4[c-]c(-n5[cH+]n(-c6ccccc6)c6ccccc65)ccc4)cc(C(C)(C)C)c3c3ccccc32)c1.[Pt]. The van der Waals surface area contributed by atoms with Gasteiger partial charge in [0.05, 0.1) is 0 Å². The minimum absolute atomic E-state index is 0. The van der Waals surface area contributed by atoms with Gasteiger partial charge in [0.1, 0.15) is 11.5 Å². The first-order valence-electron chi connectivity index (χ1n) is 16.8. The number of imidazole rings is 1. The Bertz CT molecular complexity index is 2500. The molecule has 0 N–H and O–H groups in total. The van der Waals surface area contributed by atoms with Crippen LogP contribution in [-0.2, 0) is 31.9 Å². The standard InChI is InChI=1S/C44H39N4O.Pt/c1-43(2,3)30-23-24-45-41(25-30)48-37-20-11-10-19-35(37)42-36(44(4,5)6)27-34(28-40(42)48)49-33-18-14-17-32(26-33)47-29-46(31-15-8-7-9-16-31)38-21-12-13-22-39(38)47;/h7-25,27,29H,1-6H3;/q-1;. The van der Waals surface area contributed by atoms with E-state index in [1.807, 2.05) is 24.4 Å². The van der Waals surface area contributed by atoms with E-state index in [4.69, 9.17) is 9.72 Å². The van der Waals surface area contributed by atoms with Gasteiger partial charge in [-0.15, -0.1) is 29.8 Å². The van der Waals surface area contributed by atoms with Gasteiger partial charge in [0, 0.05) is 62.1 Å². The van der Waals surface area contributed by atoms with Crippen LogP contribution in [0.3, 0.4) is 0 Å². The fourth-order valence-corrected chi connectivity index (χ4v) is 6.73. The van der Waals surface area contributed by atoms with Gasteiger partial charge in [0.2, 0.25) is 0 Å². The third-order valence-electron chi connectivity index (χ3n) is 9.21. The van der Waals surface area contributed by atoms with E-state index >= 15 is 0 Å². The Morgan fingerprint density at radius 1 is 0.640 bits per heavy atom. The third kappa shape index (κ3) is 5.94. The molecule has 0 atom stereocenters. The summed E-state index contributed by atoms with van der Waals surface area (Å²) in [4.78, 5) is 4.89. The number of rotatable bonds is 5. The minimum Gasteiger partial charge on any atom is -0.508 e. The number of hydrogen-bond acceptors (Lipinski definition) is 2. The maximum atomic E-state index is 6.69. The molecule has 0 saturated heterocycles. The van der Waals surface area contributed by atoms with E-state index in [9.17, 15) is 0 Å². The molecule has 6 heteroatoms. The molecule has 3 heterocycles. The molecule has 3 aromatic heterocycles. The van der Waals surface area contributed by atoms with Crippen LogP contribution in [0.2, 0.25) is 0 Å². The largest absolute Gasteiger partial charge is 0.508 e. The van der Waals surface area contributed by atoms with Crippen LogP contribution in [-0.4, -0.2) is 18.7 Å². The fraction of sp³-hybridized carbons (Fsp3) is 0.182. The van der Waals surface area contributed by atoms with E-state index in [0.29, 0.717) is 11.5 Å². The molecule has 5 nitrogen and oxygen atoms in total. The molecule has 0 bridgehead atoms. The summed E-state index contributed by atoms with van der Waals surface area (Å²) in [6.07, 6.45) is 4.02. The second-order valence-electron chi connectivity index (χ2n) is 14.7. The van der Waals surface area contributed by atoms with Crippen LogP contribution in [0.5, 0.6) is 11.5 Å². The molecule has 0 fully saturated rings. The fourth-order valence-electron chi connectivity index (χ4n) is 6.73. The smallest absolute Gasteiger partial charge is 0.168 e. The zero-order chi connectivity index (χ0) is 33.9. The summed E-state index contributed by atoms with van der Waals surface area (Å²) in [5.41, 5.74) is 8.45. The van der Waals surface area contributed by atoms with Crippen molar-refractivity contribution in [2.45, 2.75) is 52.4 Å². The number of aromatic nitrogens is 4. The molecule has 0 unspecified atom stereocenters. The molecule has 5 aromatic carbocycles. The molecule has 0 aliphatic rings. The van der Waals surface area contributed by atoms with Crippen molar-refractivity contribution >= 4 is 32.8 Å². The van der Waals surface area contributed by atoms with Crippen molar-refractivity contribution < 1.29 is 25.8 Å². The summed E-state index contributed by atoms with van der Waals surface area (Å²) in [7, 11) is 0. The normalized spacial score (nSPS) is 12.0. The summed E-state index contributed by atoms with van der Waals surface area (Å²) < 4.78 is 13.3. The first-order valence-corrected chi connectivity index (χ1v) is 16.8. The molecule has 252 valence electrons. The molecule has 8 rings (SSSR count). The first kappa shape index (κ1) is 33.5. The number of benzene rings is 5. The number of hydrogen-bond donors (Lipinski definition) is 0. The Kier molecular flexibility index (Phi) is 8.52. The van der Waals surface area contributed by atoms with Gasteiger partial charge in [-0.2, -0.15) is 10.6 Å². The molecular formula is C44H39N4OPt-. The van der Waals surface area contributed by atoms with Gasteiger partial charge >= 0.3 is 0 Å². The van der Waals surface area contributed by atoms with E-state index < -0.39 is 0 Å². The van der Waals surface area contributed by atoms with Gasteiger partial charge in [-0.25, -0.2) is 9.55 Å². The van der Waals surface area contributed by atoms with Crippen LogP contribution in [0, 0.1) is 12.1 Å². The molecule has 8 aromatic rings. The predicted molar refractivity (Wildman–Crippen MR) is 201 cm³/mol.